The Kier molecular flexibility index (Phi) is 4.54. The summed E-state index contributed by atoms with van der Waals surface area (Å²) >= 11 is 13.5. The van der Waals surface area contributed by atoms with E-state index in [0.29, 0.717) is 0 Å². The molecule has 0 radical (unpaired) electrons. The zero-order chi connectivity index (χ0) is 11.5. The minimum absolute atomic E-state index is 0.0550. The number of halogens is 2. The molecule has 0 aromatic carbocycles. The molecule has 0 amide bonds. The van der Waals surface area contributed by atoms with Gasteiger partial charge in [0.1, 0.15) is 0 Å². The zero-order valence-electron chi connectivity index (χ0n) is 9.22. The first-order valence-electron chi connectivity index (χ1n) is 5.87. The molecular formula is C12H17Cl2NS. The molecule has 1 aromatic rings. The molecule has 1 aromatic heterocycles. The Morgan fingerprint density at radius 2 is 2.00 bits per heavy atom. The van der Waals surface area contributed by atoms with Crippen LogP contribution in [0.3, 0.4) is 0 Å². The molecule has 16 heavy (non-hydrogen) atoms. The van der Waals surface area contributed by atoms with E-state index in [1.54, 1.807) is 0 Å². The van der Waals surface area contributed by atoms with Crippen LogP contribution in [0.1, 0.15) is 50.1 Å². The fourth-order valence-corrected chi connectivity index (χ4v) is 4.11. The van der Waals surface area contributed by atoms with Gasteiger partial charge in [-0.2, -0.15) is 0 Å². The topological polar surface area (TPSA) is 26.0 Å². The van der Waals surface area contributed by atoms with Crippen LogP contribution in [0.25, 0.3) is 0 Å². The van der Waals surface area contributed by atoms with Crippen molar-refractivity contribution in [2.24, 2.45) is 11.7 Å². The van der Waals surface area contributed by atoms with E-state index in [0.717, 1.165) is 26.6 Å². The van der Waals surface area contributed by atoms with E-state index in [-0.39, 0.29) is 6.04 Å². The van der Waals surface area contributed by atoms with Gasteiger partial charge >= 0.3 is 0 Å². The van der Waals surface area contributed by atoms with Crippen LogP contribution in [0.15, 0.2) is 6.07 Å². The second-order valence-corrected chi connectivity index (χ2v) is 6.91. The van der Waals surface area contributed by atoms with Crippen LogP contribution < -0.4 is 5.73 Å². The molecule has 4 heteroatoms. The lowest BCUT2D eigenvalue weighted by Gasteiger charge is -2.24. The highest BCUT2D eigenvalue weighted by molar-refractivity contribution is 7.20. The predicted molar refractivity (Wildman–Crippen MR) is 72.5 cm³/mol. The monoisotopic (exact) mass is 277 g/mol. The Bertz CT molecular complexity index is 345. The summed E-state index contributed by atoms with van der Waals surface area (Å²) in [5.41, 5.74) is 7.23. The second kappa shape index (κ2) is 5.72. The van der Waals surface area contributed by atoms with E-state index < -0.39 is 0 Å². The molecule has 1 unspecified atom stereocenters. The number of nitrogens with two attached hydrogens (primary N) is 1. The lowest BCUT2D eigenvalue weighted by molar-refractivity contribution is 0.319. The Morgan fingerprint density at radius 3 is 2.56 bits per heavy atom. The van der Waals surface area contributed by atoms with Gasteiger partial charge < -0.3 is 5.73 Å². The summed E-state index contributed by atoms with van der Waals surface area (Å²) in [6.07, 6.45) is 7.79. The molecule has 0 bridgehead atoms. The highest BCUT2D eigenvalue weighted by Gasteiger charge is 2.20. The van der Waals surface area contributed by atoms with Gasteiger partial charge in [-0.15, -0.1) is 11.3 Å². The minimum Gasteiger partial charge on any atom is -0.324 e. The molecule has 0 saturated heterocycles. The normalized spacial score (nSPS) is 19.9. The van der Waals surface area contributed by atoms with E-state index in [9.17, 15) is 0 Å². The number of hydrogen-bond acceptors (Lipinski definition) is 2. The summed E-state index contributed by atoms with van der Waals surface area (Å²) in [6.45, 7) is 0. The first kappa shape index (κ1) is 12.7. The SMILES string of the molecule is NC(CC1CCCCC1)c1cc(Cl)sc1Cl. The van der Waals surface area contributed by atoms with Crippen molar-refractivity contribution in [3.63, 3.8) is 0 Å². The number of thiophene rings is 1. The summed E-state index contributed by atoms with van der Waals surface area (Å²) in [4.78, 5) is 0. The number of hydrogen-bond donors (Lipinski definition) is 1. The first-order valence-corrected chi connectivity index (χ1v) is 7.44. The summed E-state index contributed by atoms with van der Waals surface area (Å²) < 4.78 is 1.49. The van der Waals surface area contributed by atoms with Gasteiger partial charge in [0.25, 0.3) is 0 Å². The van der Waals surface area contributed by atoms with E-state index in [1.165, 1.54) is 43.4 Å². The zero-order valence-corrected chi connectivity index (χ0v) is 11.5. The average molecular weight is 278 g/mol. The Balaban J connectivity index is 1.96. The van der Waals surface area contributed by atoms with Gasteiger partial charge in [-0.3, -0.25) is 0 Å². The standard InChI is InChI=1S/C12H17Cl2NS/c13-11-7-9(12(14)16-11)10(15)6-8-4-2-1-3-5-8/h7-8,10H,1-6,15H2. The fraction of sp³-hybridized carbons (Fsp3) is 0.667. The van der Waals surface area contributed by atoms with Crippen LogP contribution in [0.2, 0.25) is 8.67 Å². The summed E-state index contributed by atoms with van der Waals surface area (Å²) in [5, 5.41) is 0. The van der Waals surface area contributed by atoms with Gasteiger partial charge in [0.15, 0.2) is 0 Å². The van der Waals surface area contributed by atoms with E-state index in [2.05, 4.69) is 0 Å². The van der Waals surface area contributed by atoms with Crippen LogP contribution in [0.4, 0.5) is 0 Å². The van der Waals surface area contributed by atoms with Crippen LogP contribution in [0, 0.1) is 5.92 Å². The van der Waals surface area contributed by atoms with Crippen LogP contribution in [0.5, 0.6) is 0 Å². The van der Waals surface area contributed by atoms with Gasteiger partial charge in [-0.25, -0.2) is 0 Å². The van der Waals surface area contributed by atoms with Gasteiger partial charge in [-0.1, -0.05) is 55.3 Å². The molecule has 1 fully saturated rings. The van der Waals surface area contributed by atoms with Crippen molar-refractivity contribution < 1.29 is 0 Å². The largest absolute Gasteiger partial charge is 0.324 e. The summed E-state index contributed by atoms with van der Waals surface area (Å²) in [6, 6.07) is 1.97. The van der Waals surface area contributed by atoms with Crippen molar-refractivity contribution in [2.45, 2.75) is 44.6 Å². The molecule has 1 aliphatic rings. The van der Waals surface area contributed by atoms with E-state index in [1.807, 2.05) is 6.07 Å². The molecule has 2 N–H and O–H groups in total. The molecule has 1 nitrogen and oxygen atoms in total. The predicted octanol–water partition coefficient (Wildman–Crippen LogP) is 5.03. The van der Waals surface area contributed by atoms with Gasteiger partial charge in [-0.05, 0) is 24.0 Å². The quantitative estimate of drug-likeness (QED) is 0.824. The van der Waals surface area contributed by atoms with E-state index >= 15 is 0 Å². The van der Waals surface area contributed by atoms with Crippen LogP contribution in [-0.2, 0) is 0 Å². The Morgan fingerprint density at radius 1 is 1.31 bits per heavy atom. The lowest BCUT2D eigenvalue weighted by atomic mass is 9.84. The third kappa shape index (κ3) is 3.13. The van der Waals surface area contributed by atoms with Gasteiger partial charge in [0, 0.05) is 6.04 Å². The molecular weight excluding hydrogens is 261 g/mol. The molecule has 0 spiro atoms. The average Bonchev–Trinajstić information content (AvgIpc) is 2.59. The molecule has 1 saturated carbocycles. The van der Waals surface area contributed by atoms with Gasteiger partial charge in [0.2, 0.25) is 0 Å². The third-order valence-corrected chi connectivity index (χ3v) is 4.91. The molecule has 90 valence electrons. The lowest BCUT2D eigenvalue weighted by Crippen LogP contribution is -2.17. The highest BCUT2D eigenvalue weighted by Crippen LogP contribution is 2.38. The second-order valence-electron chi connectivity index (χ2n) is 4.63. The maximum atomic E-state index is 6.20. The Labute approximate surface area is 111 Å². The summed E-state index contributed by atoms with van der Waals surface area (Å²) in [5.74, 6) is 0.776. The van der Waals surface area contributed by atoms with Crippen molar-refractivity contribution in [2.75, 3.05) is 0 Å². The van der Waals surface area contributed by atoms with Crippen LogP contribution in [-0.4, -0.2) is 0 Å². The molecule has 1 atom stereocenters. The van der Waals surface area contributed by atoms with Crippen molar-refractivity contribution in [1.82, 2.24) is 0 Å². The van der Waals surface area contributed by atoms with Crippen molar-refractivity contribution in [1.29, 1.82) is 0 Å². The van der Waals surface area contributed by atoms with E-state index in [4.69, 9.17) is 28.9 Å². The molecule has 0 aliphatic heterocycles. The number of rotatable bonds is 3. The molecule has 2 rings (SSSR count). The van der Waals surface area contributed by atoms with Gasteiger partial charge in [0.05, 0.1) is 8.67 Å². The smallest absolute Gasteiger partial charge is 0.0991 e. The Hall–Kier alpha value is 0.240. The highest BCUT2D eigenvalue weighted by atomic mass is 35.5. The van der Waals surface area contributed by atoms with Crippen LogP contribution >= 0.6 is 34.5 Å². The summed E-state index contributed by atoms with van der Waals surface area (Å²) in [7, 11) is 0. The van der Waals surface area contributed by atoms with Crippen molar-refractivity contribution >= 4 is 34.5 Å². The van der Waals surface area contributed by atoms with Crippen molar-refractivity contribution in [3.8, 4) is 0 Å². The van der Waals surface area contributed by atoms with Crippen molar-refractivity contribution in [3.05, 3.63) is 20.3 Å². The fourth-order valence-electron chi connectivity index (χ4n) is 2.51. The third-order valence-electron chi connectivity index (χ3n) is 3.39. The molecule has 1 aliphatic carbocycles. The maximum absolute atomic E-state index is 6.20. The maximum Gasteiger partial charge on any atom is 0.0991 e. The first-order chi connectivity index (χ1) is 7.66. The molecule has 1 heterocycles. The minimum atomic E-state index is 0.0550.